The maximum atomic E-state index is 6.57. The topological polar surface area (TPSA) is 9.23 Å². The molecule has 4 atom stereocenters. The highest BCUT2D eigenvalue weighted by Crippen LogP contribution is 2.84. The maximum Gasteiger partial charge on any atom is 0.0747 e. The number of hydrogen-bond donors (Lipinski definition) is 0. The van der Waals surface area contributed by atoms with Gasteiger partial charge in [0.25, 0.3) is 0 Å². The van der Waals surface area contributed by atoms with E-state index in [1.54, 1.807) is 0 Å². The van der Waals surface area contributed by atoms with Crippen molar-refractivity contribution in [3.63, 3.8) is 0 Å². The lowest BCUT2D eigenvalue weighted by atomic mass is 9.37. The smallest absolute Gasteiger partial charge is 0.0747 e. The molecule has 20 heavy (non-hydrogen) atoms. The van der Waals surface area contributed by atoms with Crippen molar-refractivity contribution >= 4 is 0 Å². The van der Waals surface area contributed by atoms with Crippen LogP contribution in [-0.2, 0) is 4.74 Å². The summed E-state index contributed by atoms with van der Waals surface area (Å²) in [5.41, 5.74) is 2.01. The molecule has 2 bridgehead atoms. The number of ether oxygens (including phenoxy) is 1. The summed E-state index contributed by atoms with van der Waals surface area (Å²) in [5, 5.41) is 0. The van der Waals surface area contributed by atoms with Crippen LogP contribution in [-0.4, -0.2) is 12.2 Å². The molecule has 0 N–H and O–H groups in total. The molecule has 3 aliphatic carbocycles. The standard InChI is InChI=1S/C19H32O/c1-15(2)10-11-19(8-6-12-20-19)17(5)16(3,4)14-7-9-18(15,17)13-14/h14H,6-13H2,1-5H3/t14-,17-,18+,19?/m0/s1. The Morgan fingerprint density at radius 2 is 1.65 bits per heavy atom. The van der Waals surface area contributed by atoms with Crippen molar-refractivity contribution in [3.05, 3.63) is 0 Å². The Morgan fingerprint density at radius 3 is 2.30 bits per heavy atom. The van der Waals surface area contributed by atoms with Gasteiger partial charge in [0.15, 0.2) is 0 Å². The minimum Gasteiger partial charge on any atom is -0.374 e. The summed E-state index contributed by atoms with van der Waals surface area (Å²) in [6, 6.07) is 0. The fourth-order valence-corrected chi connectivity index (χ4v) is 7.75. The van der Waals surface area contributed by atoms with Crippen molar-refractivity contribution in [2.24, 2.45) is 27.6 Å². The van der Waals surface area contributed by atoms with Crippen LogP contribution in [0.2, 0.25) is 0 Å². The number of hydrogen-bond acceptors (Lipinski definition) is 1. The van der Waals surface area contributed by atoms with Crippen molar-refractivity contribution in [1.29, 1.82) is 0 Å². The summed E-state index contributed by atoms with van der Waals surface area (Å²) in [5.74, 6) is 0.922. The Balaban J connectivity index is 1.95. The maximum absolute atomic E-state index is 6.57. The molecule has 2 spiro atoms. The second-order valence-corrected chi connectivity index (χ2v) is 9.70. The molecule has 1 aliphatic heterocycles. The van der Waals surface area contributed by atoms with Gasteiger partial charge in [0.1, 0.15) is 0 Å². The van der Waals surface area contributed by atoms with Gasteiger partial charge < -0.3 is 4.74 Å². The highest BCUT2D eigenvalue weighted by molar-refractivity contribution is 5.28. The lowest BCUT2D eigenvalue weighted by Gasteiger charge is -2.69. The zero-order valence-electron chi connectivity index (χ0n) is 14.1. The summed E-state index contributed by atoms with van der Waals surface area (Å²) in [7, 11) is 0. The van der Waals surface area contributed by atoms with Gasteiger partial charge in [0, 0.05) is 12.0 Å². The van der Waals surface area contributed by atoms with Crippen molar-refractivity contribution < 1.29 is 4.74 Å². The molecule has 0 aromatic carbocycles. The molecule has 4 rings (SSSR count). The third-order valence-electron chi connectivity index (χ3n) is 9.24. The molecule has 0 amide bonds. The minimum atomic E-state index is 0.196. The van der Waals surface area contributed by atoms with E-state index in [1.807, 2.05) is 0 Å². The monoisotopic (exact) mass is 276 g/mol. The molecule has 1 unspecified atom stereocenters. The fourth-order valence-electron chi connectivity index (χ4n) is 7.75. The third kappa shape index (κ3) is 1.09. The Morgan fingerprint density at radius 1 is 0.900 bits per heavy atom. The van der Waals surface area contributed by atoms with Gasteiger partial charge >= 0.3 is 0 Å². The summed E-state index contributed by atoms with van der Waals surface area (Å²) in [6.07, 6.45) is 9.65. The van der Waals surface area contributed by atoms with Gasteiger partial charge in [-0.1, -0.05) is 34.6 Å². The van der Waals surface area contributed by atoms with E-state index in [9.17, 15) is 0 Å². The summed E-state index contributed by atoms with van der Waals surface area (Å²) in [4.78, 5) is 0. The molecule has 0 radical (unpaired) electrons. The van der Waals surface area contributed by atoms with Gasteiger partial charge in [-0.05, 0) is 67.1 Å². The van der Waals surface area contributed by atoms with Crippen molar-refractivity contribution in [2.75, 3.05) is 6.61 Å². The molecule has 0 aromatic rings. The Hall–Kier alpha value is -0.0400. The van der Waals surface area contributed by atoms with E-state index in [-0.39, 0.29) is 5.60 Å². The van der Waals surface area contributed by atoms with E-state index >= 15 is 0 Å². The zero-order chi connectivity index (χ0) is 14.4. The van der Waals surface area contributed by atoms with E-state index < -0.39 is 0 Å². The predicted octanol–water partition coefficient (Wildman–Crippen LogP) is 5.19. The summed E-state index contributed by atoms with van der Waals surface area (Å²) in [6.45, 7) is 13.9. The first-order valence-corrected chi connectivity index (χ1v) is 8.87. The highest BCUT2D eigenvalue weighted by atomic mass is 16.5. The van der Waals surface area contributed by atoms with Crippen LogP contribution in [0, 0.1) is 27.6 Å². The van der Waals surface area contributed by atoms with Crippen LogP contribution < -0.4 is 0 Å². The second-order valence-electron chi connectivity index (χ2n) is 9.70. The van der Waals surface area contributed by atoms with Gasteiger partial charge in [-0.15, -0.1) is 0 Å². The van der Waals surface area contributed by atoms with Crippen LogP contribution in [0.15, 0.2) is 0 Å². The first-order valence-electron chi connectivity index (χ1n) is 8.87. The van der Waals surface area contributed by atoms with Gasteiger partial charge in [-0.3, -0.25) is 0 Å². The molecular formula is C19H32O. The molecule has 1 heteroatoms. The molecule has 4 aliphatic rings. The van der Waals surface area contributed by atoms with E-state index in [2.05, 4.69) is 34.6 Å². The fraction of sp³-hybridized carbons (Fsp3) is 1.00. The molecule has 1 heterocycles. The molecule has 4 fully saturated rings. The third-order valence-corrected chi connectivity index (χ3v) is 9.24. The van der Waals surface area contributed by atoms with Gasteiger partial charge in [-0.25, -0.2) is 0 Å². The normalized spacial score (nSPS) is 55.4. The van der Waals surface area contributed by atoms with E-state index in [0.717, 1.165) is 12.5 Å². The van der Waals surface area contributed by atoms with Crippen LogP contribution in [0.3, 0.4) is 0 Å². The van der Waals surface area contributed by atoms with Crippen LogP contribution >= 0.6 is 0 Å². The zero-order valence-corrected chi connectivity index (χ0v) is 14.1. The number of fused-ring (bicyclic) bond motifs is 2. The van der Waals surface area contributed by atoms with Gasteiger partial charge in [0.05, 0.1) is 5.60 Å². The minimum absolute atomic E-state index is 0.196. The SMILES string of the molecule is CC1(C)CCC2(CCCO2)[C@@]2(C)C(C)(C)[C@H]3CC[C@@]12C3. The largest absolute Gasteiger partial charge is 0.374 e. The summed E-state index contributed by atoms with van der Waals surface area (Å²) >= 11 is 0. The lowest BCUT2D eigenvalue weighted by Crippen LogP contribution is -2.67. The van der Waals surface area contributed by atoms with Crippen LogP contribution in [0.5, 0.6) is 0 Å². The Bertz CT molecular complexity index is 443. The molecule has 0 aromatic heterocycles. The van der Waals surface area contributed by atoms with Gasteiger partial charge in [-0.2, -0.15) is 0 Å². The molecule has 114 valence electrons. The van der Waals surface area contributed by atoms with E-state index in [0.29, 0.717) is 21.7 Å². The van der Waals surface area contributed by atoms with Crippen LogP contribution in [0.1, 0.15) is 79.6 Å². The molecular weight excluding hydrogens is 244 g/mol. The Kier molecular flexibility index (Phi) is 2.36. The molecule has 3 saturated carbocycles. The number of rotatable bonds is 0. The van der Waals surface area contributed by atoms with Crippen LogP contribution in [0.25, 0.3) is 0 Å². The average Bonchev–Trinajstić information content (AvgIpc) is 3.05. The first kappa shape index (κ1) is 13.6. The summed E-state index contributed by atoms with van der Waals surface area (Å²) < 4.78 is 6.57. The van der Waals surface area contributed by atoms with Crippen molar-refractivity contribution in [3.8, 4) is 0 Å². The van der Waals surface area contributed by atoms with Crippen molar-refractivity contribution in [1.82, 2.24) is 0 Å². The molecule has 1 saturated heterocycles. The Labute approximate surface area is 124 Å². The van der Waals surface area contributed by atoms with Crippen LogP contribution in [0.4, 0.5) is 0 Å². The second kappa shape index (κ2) is 3.47. The molecule has 1 nitrogen and oxygen atoms in total. The average molecular weight is 276 g/mol. The highest BCUT2D eigenvalue weighted by Gasteiger charge is 2.80. The quantitative estimate of drug-likeness (QED) is 0.591. The lowest BCUT2D eigenvalue weighted by molar-refractivity contribution is -0.259. The van der Waals surface area contributed by atoms with E-state index in [4.69, 9.17) is 4.74 Å². The van der Waals surface area contributed by atoms with Crippen molar-refractivity contribution in [2.45, 2.75) is 85.2 Å². The van der Waals surface area contributed by atoms with Gasteiger partial charge in [0.2, 0.25) is 0 Å². The predicted molar refractivity (Wildman–Crippen MR) is 82.6 cm³/mol. The van der Waals surface area contributed by atoms with E-state index in [1.165, 1.54) is 44.9 Å². The first-order chi connectivity index (χ1) is 9.23.